The number of nitrogens with zero attached hydrogens (tertiary/aromatic N) is 3. The van der Waals surface area contributed by atoms with Crippen molar-refractivity contribution in [1.29, 1.82) is 0 Å². The molecule has 2 N–H and O–H groups in total. The van der Waals surface area contributed by atoms with Crippen LogP contribution in [0.2, 0.25) is 0 Å². The Hall–Kier alpha value is -2.94. The third-order valence-corrected chi connectivity index (χ3v) is 7.07. The fraction of sp³-hybridized carbons (Fsp3) is 0.385. The summed E-state index contributed by atoms with van der Waals surface area (Å²) >= 11 is 1.47. The quantitative estimate of drug-likeness (QED) is 0.453. The molecule has 0 fully saturated rings. The summed E-state index contributed by atoms with van der Waals surface area (Å²) in [6, 6.07) is 13.6. The number of aromatic nitrogens is 1. The van der Waals surface area contributed by atoms with Crippen LogP contribution in [0.25, 0.3) is 0 Å². The lowest BCUT2D eigenvalue weighted by Gasteiger charge is -2.29. The molecule has 0 unspecified atom stereocenters. The number of thiophene rings is 1. The van der Waals surface area contributed by atoms with E-state index in [1.165, 1.54) is 11.3 Å². The topological polar surface area (TPSA) is 77.9 Å². The van der Waals surface area contributed by atoms with Gasteiger partial charge in [0.05, 0.1) is 16.1 Å². The largest absolute Gasteiger partial charge is 0.457 e. The first kappa shape index (κ1) is 24.2. The number of aliphatic hydroxyl groups is 1. The van der Waals surface area contributed by atoms with Crippen molar-refractivity contribution in [1.82, 2.24) is 15.2 Å². The van der Waals surface area contributed by atoms with Crippen molar-refractivity contribution in [3.05, 3.63) is 76.2 Å². The highest BCUT2D eigenvalue weighted by Gasteiger charge is 2.33. The molecule has 1 atom stereocenters. The maximum Gasteiger partial charge on any atom is 0.257 e. The van der Waals surface area contributed by atoms with Gasteiger partial charge in [-0.25, -0.2) is 0 Å². The van der Waals surface area contributed by atoms with Gasteiger partial charge in [0.2, 0.25) is 5.79 Å². The zero-order valence-corrected chi connectivity index (χ0v) is 20.7. The second kappa shape index (κ2) is 10.5. The van der Waals surface area contributed by atoms with Gasteiger partial charge in [-0.3, -0.25) is 9.78 Å². The Labute approximate surface area is 205 Å². The summed E-state index contributed by atoms with van der Waals surface area (Å²) in [6.45, 7) is 6.78. The maximum atomic E-state index is 13.3. The molecule has 0 radical (unpaired) electrons. The molecule has 7 nitrogen and oxygen atoms in total. The number of carbonyl (C=O) groups excluding carboxylic acids is 1. The number of ether oxygens (including phenoxy) is 1. The van der Waals surface area contributed by atoms with E-state index in [-0.39, 0.29) is 11.9 Å². The molecule has 1 aliphatic rings. The molecule has 180 valence electrons. The summed E-state index contributed by atoms with van der Waals surface area (Å²) in [6.07, 6.45) is 3.83. The number of hydrogen-bond donors (Lipinski definition) is 2. The molecule has 1 aromatic carbocycles. The van der Waals surface area contributed by atoms with Gasteiger partial charge in [0, 0.05) is 51.0 Å². The first-order valence-electron chi connectivity index (χ1n) is 11.6. The van der Waals surface area contributed by atoms with Gasteiger partial charge < -0.3 is 25.0 Å². The van der Waals surface area contributed by atoms with Crippen molar-refractivity contribution >= 4 is 22.9 Å². The second-order valence-corrected chi connectivity index (χ2v) is 9.72. The van der Waals surface area contributed by atoms with Crippen LogP contribution in [0.1, 0.15) is 41.1 Å². The number of carbonyl (C=O) groups is 1. The van der Waals surface area contributed by atoms with Gasteiger partial charge in [0.15, 0.2) is 0 Å². The molecule has 34 heavy (non-hydrogen) atoms. The molecular weight excluding hydrogens is 448 g/mol. The van der Waals surface area contributed by atoms with Crippen LogP contribution in [0, 0.1) is 0 Å². The van der Waals surface area contributed by atoms with E-state index in [4.69, 9.17) is 4.74 Å². The standard InChI is InChI=1S/C26H32N4O3S/c1-19(2)30-15-14-29(25(31)22-17-28-12-10-23(22)30)18-20-6-8-21(9-7-20)33-26(32,11-13-27-3)24-5-4-16-34-24/h4-10,12,16-17,19,27,32H,11,13-15,18H2,1-3H3/t26-/m1/s1. The molecule has 8 heteroatoms. The highest BCUT2D eigenvalue weighted by atomic mass is 32.1. The van der Waals surface area contributed by atoms with E-state index in [2.05, 4.69) is 29.0 Å². The summed E-state index contributed by atoms with van der Waals surface area (Å²) in [4.78, 5) is 22.4. The molecule has 0 saturated carbocycles. The monoisotopic (exact) mass is 480 g/mol. The Morgan fingerprint density at radius 2 is 2.00 bits per heavy atom. The predicted octanol–water partition coefficient (Wildman–Crippen LogP) is 3.85. The Bertz CT molecular complexity index is 1090. The van der Waals surface area contributed by atoms with Crippen LogP contribution in [0.3, 0.4) is 0 Å². The molecule has 0 aliphatic carbocycles. The third-order valence-electron chi connectivity index (χ3n) is 6.06. The molecule has 0 saturated heterocycles. The minimum absolute atomic E-state index is 0.00860. The van der Waals surface area contributed by atoms with Gasteiger partial charge in [-0.2, -0.15) is 0 Å². The van der Waals surface area contributed by atoms with Crippen LogP contribution in [0.4, 0.5) is 5.69 Å². The van der Waals surface area contributed by atoms with Crippen LogP contribution >= 0.6 is 11.3 Å². The van der Waals surface area contributed by atoms with Crippen LogP contribution in [0.5, 0.6) is 5.75 Å². The van der Waals surface area contributed by atoms with E-state index in [1.54, 1.807) is 12.4 Å². The van der Waals surface area contributed by atoms with E-state index in [1.807, 2.05) is 59.8 Å². The number of nitrogens with one attached hydrogen (secondary N) is 1. The van der Waals surface area contributed by atoms with Crippen molar-refractivity contribution < 1.29 is 14.6 Å². The molecule has 2 aromatic heterocycles. The summed E-state index contributed by atoms with van der Waals surface area (Å²) in [7, 11) is 1.85. The molecule has 0 bridgehead atoms. The Balaban J connectivity index is 1.49. The number of hydrogen-bond acceptors (Lipinski definition) is 7. The fourth-order valence-corrected chi connectivity index (χ4v) is 5.00. The van der Waals surface area contributed by atoms with Crippen LogP contribution in [0.15, 0.2) is 60.2 Å². The minimum atomic E-state index is -1.39. The van der Waals surface area contributed by atoms with E-state index in [0.29, 0.717) is 37.4 Å². The van der Waals surface area contributed by atoms with E-state index < -0.39 is 5.79 Å². The average molecular weight is 481 g/mol. The zero-order chi connectivity index (χ0) is 24.1. The molecule has 1 aliphatic heterocycles. The van der Waals surface area contributed by atoms with E-state index in [9.17, 15) is 9.90 Å². The Morgan fingerprint density at radius 1 is 1.21 bits per heavy atom. The lowest BCUT2D eigenvalue weighted by Crippen LogP contribution is -2.37. The maximum absolute atomic E-state index is 13.3. The molecule has 1 amide bonds. The van der Waals surface area contributed by atoms with Crippen LogP contribution < -0.4 is 15.0 Å². The molecule has 4 rings (SSSR count). The van der Waals surface area contributed by atoms with Crippen LogP contribution in [-0.2, 0) is 12.3 Å². The first-order valence-corrected chi connectivity index (χ1v) is 12.5. The molecular formula is C26H32N4O3S. The highest BCUT2D eigenvalue weighted by molar-refractivity contribution is 7.10. The SMILES string of the molecule is CNCC[C@@](O)(Oc1ccc(CN2CCN(C(C)C)c3ccncc3C2=O)cc1)c1cccs1. The number of pyridine rings is 1. The lowest BCUT2D eigenvalue weighted by molar-refractivity contribution is -0.147. The number of rotatable bonds is 9. The van der Waals surface area contributed by atoms with Crippen molar-refractivity contribution in [3.63, 3.8) is 0 Å². The number of fused-ring (bicyclic) bond motifs is 1. The van der Waals surface area contributed by atoms with Gasteiger partial charge in [-0.1, -0.05) is 18.2 Å². The summed E-state index contributed by atoms with van der Waals surface area (Å²) in [5, 5.41) is 16.2. The fourth-order valence-electron chi connectivity index (χ4n) is 4.21. The first-order chi connectivity index (χ1) is 16.4. The Kier molecular flexibility index (Phi) is 7.50. The van der Waals surface area contributed by atoms with Crippen molar-refractivity contribution in [2.45, 2.75) is 38.6 Å². The number of anilines is 1. The third kappa shape index (κ3) is 5.24. The van der Waals surface area contributed by atoms with Gasteiger partial charge in [-0.05, 0) is 56.1 Å². The van der Waals surface area contributed by atoms with Crippen molar-refractivity contribution in [2.24, 2.45) is 0 Å². The van der Waals surface area contributed by atoms with Gasteiger partial charge in [0.1, 0.15) is 5.75 Å². The van der Waals surface area contributed by atoms with Crippen LogP contribution in [-0.4, -0.2) is 53.6 Å². The lowest BCUT2D eigenvalue weighted by atomic mass is 10.1. The summed E-state index contributed by atoms with van der Waals surface area (Å²) < 4.78 is 6.05. The molecule has 3 aromatic rings. The number of benzene rings is 1. The van der Waals surface area contributed by atoms with Gasteiger partial charge in [0.25, 0.3) is 5.91 Å². The van der Waals surface area contributed by atoms with Crippen molar-refractivity contribution in [3.8, 4) is 5.75 Å². The van der Waals surface area contributed by atoms with Gasteiger partial charge in [-0.15, -0.1) is 11.3 Å². The van der Waals surface area contributed by atoms with E-state index in [0.717, 1.165) is 22.7 Å². The normalized spacial score (nSPS) is 15.7. The summed E-state index contributed by atoms with van der Waals surface area (Å²) in [5.74, 6) is -0.819. The highest BCUT2D eigenvalue weighted by Crippen LogP contribution is 2.32. The minimum Gasteiger partial charge on any atom is -0.457 e. The number of amides is 1. The Morgan fingerprint density at radius 3 is 2.68 bits per heavy atom. The second-order valence-electron chi connectivity index (χ2n) is 8.77. The zero-order valence-electron chi connectivity index (χ0n) is 19.9. The molecule has 3 heterocycles. The smallest absolute Gasteiger partial charge is 0.257 e. The average Bonchev–Trinajstić information content (AvgIpc) is 3.35. The van der Waals surface area contributed by atoms with Gasteiger partial charge >= 0.3 is 0 Å². The predicted molar refractivity (Wildman–Crippen MR) is 135 cm³/mol. The van der Waals surface area contributed by atoms with E-state index >= 15 is 0 Å². The summed E-state index contributed by atoms with van der Waals surface area (Å²) in [5.41, 5.74) is 2.58. The van der Waals surface area contributed by atoms with Crippen molar-refractivity contribution in [2.75, 3.05) is 31.6 Å². The molecule has 0 spiro atoms.